The Balaban J connectivity index is 1.63. The number of amidine groups is 1. The van der Waals surface area contributed by atoms with E-state index in [-0.39, 0.29) is 28.7 Å². The van der Waals surface area contributed by atoms with Crippen LogP contribution in [0, 0.1) is 5.82 Å². The van der Waals surface area contributed by atoms with Gasteiger partial charge in [0.15, 0.2) is 0 Å². The molecule has 0 atom stereocenters. The monoisotopic (exact) mass is 415 g/mol. The van der Waals surface area contributed by atoms with Gasteiger partial charge in [-0.05, 0) is 48.7 Å². The van der Waals surface area contributed by atoms with Gasteiger partial charge in [0.1, 0.15) is 16.5 Å². The van der Waals surface area contributed by atoms with Crippen LogP contribution in [0.15, 0.2) is 51.8 Å². The smallest absolute Gasteiger partial charge is 0.286 e. The minimum atomic E-state index is -3.84. The van der Waals surface area contributed by atoms with Crippen molar-refractivity contribution in [3.63, 3.8) is 0 Å². The molecule has 0 N–H and O–H groups in total. The second-order valence-corrected chi connectivity index (χ2v) is 8.99. The van der Waals surface area contributed by atoms with Crippen LogP contribution in [0.3, 0.4) is 0 Å². The highest BCUT2D eigenvalue weighted by Crippen LogP contribution is 2.35. The number of sulfonamides is 1. The standard InChI is InChI=1S/C21H22FN3O3S/c1-24(14-15-6-9-17(22)10-7-15)21(26)16-8-11-18-19(13-16)29(27,28)23-20-5-3-2-4-12-25(18)20/h6-11,13H,2-5,12,14H2,1H3. The molecule has 2 heterocycles. The molecule has 0 aliphatic carbocycles. The molecule has 0 bridgehead atoms. The van der Waals surface area contributed by atoms with Crippen LogP contribution < -0.4 is 4.90 Å². The van der Waals surface area contributed by atoms with Gasteiger partial charge in [-0.15, -0.1) is 4.40 Å². The van der Waals surface area contributed by atoms with Crippen molar-refractivity contribution >= 4 is 27.5 Å². The zero-order valence-electron chi connectivity index (χ0n) is 16.1. The Morgan fingerprint density at radius 2 is 1.90 bits per heavy atom. The summed E-state index contributed by atoms with van der Waals surface area (Å²) >= 11 is 0. The minimum absolute atomic E-state index is 0.0733. The summed E-state index contributed by atoms with van der Waals surface area (Å²) in [6, 6.07) is 10.7. The molecule has 4 rings (SSSR count). The predicted octanol–water partition coefficient (Wildman–Crippen LogP) is 3.58. The third-order valence-corrected chi connectivity index (χ3v) is 6.61. The number of carbonyl (C=O) groups excluding carboxylic acids is 1. The Morgan fingerprint density at radius 1 is 1.14 bits per heavy atom. The van der Waals surface area contributed by atoms with Gasteiger partial charge in [0.2, 0.25) is 0 Å². The number of fused-ring (bicyclic) bond motifs is 3. The van der Waals surface area contributed by atoms with E-state index in [0.717, 1.165) is 31.4 Å². The molecule has 2 aromatic rings. The lowest BCUT2D eigenvalue weighted by Crippen LogP contribution is -2.35. The lowest BCUT2D eigenvalue weighted by Gasteiger charge is -2.30. The highest BCUT2D eigenvalue weighted by atomic mass is 32.2. The molecule has 152 valence electrons. The van der Waals surface area contributed by atoms with Crippen LogP contribution in [0.4, 0.5) is 10.1 Å². The fourth-order valence-corrected chi connectivity index (χ4v) is 5.05. The fraction of sp³-hybridized carbons (Fsp3) is 0.333. The molecule has 6 nitrogen and oxygen atoms in total. The summed E-state index contributed by atoms with van der Waals surface area (Å²) in [4.78, 5) is 16.4. The van der Waals surface area contributed by atoms with Gasteiger partial charge in [0, 0.05) is 32.1 Å². The summed E-state index contributed by atoms with van der Waals surface area (Å²) in [7, 11) is -2.21. The van der Waals surface area contributed by atoms with Gasteiger partial charge in [0.25, 0.3) is 15.9 Å². The largest absolute Gasteiger partial charge is 0.337 e. The lowest BCUT2D eigenvalue weighted by molar-refractivity contribution is 0.0785. The first-order chi connectivity index (χ1) is 13.8. The van der Waals surface area contributed by atoms with E-state index in [4.69, 9.17) is 0 Å². The van der Waals surface area contributed by atoms with E-state index in [9.17, 15) is 17.6 Å². The molecule has 0 radical (unpaired) electrons. The van der Waals surface area contributed by atoms with Crippen molar-refractivity contribution in [3.05, 3.63) is 59.4 Å². The number of carbonyl (C=O) groups is 1. The quantitative estimate of drug-likeness (QED) is 0.768. The number of rotatable bonds is 3. The minimum Gasteiger partial charge on any atom is -0.337 e. The van der Waals surface area contributed by atoms with E-state index in [0.29, 0.717) is 17.9 Å². The second-order valence-electron chi connectivity index (χ2n) is 7.42. The predicted molar refractivity (Wildman–Crippen MR) is 109 cm³/mol. The number of amides is 1. The summed E-state index contributed by atoms with van der Waals surface area (Å²) in [5, 5.41) is 0. The number of benzene rings is 2. The summed E-state index contributed by atoms with van der Waals surface area (Å²) in [6.45, 7) is 1.01. The highest BCUT2D eigenvalue weighted by Gasteiger charge is 2.32. The highest BCUT2D eigenvalue weighted by molar-refractivity contribution is 7.90. The van der Waals surface area contributed by atoms with Crippen LogP contribution in [0.25, 0.3) is 0 Å². The van der Waals surface area contributed by atoms with Crippen molar-refractivity contribution < 1.29 is 17.6 Å². The molecular formula is C21H22FN3O3S. The summed E-state index contributed by atoms with van der Waals surface area (Å²) in [6.07, 6.45) is 3.57. The molecule has 0 saturated carbocycles. The first kappa shape index (κ1) is 19.6. The maximum absolute atomic E-state index is 13.1. The average Bonchev–Trinajstić information content (AvgIpc) is 2.93. The molecule has 2 aromatic carbocycles. The molecule has 0 aromatic heterocycles. The topological polar surface area (TPSA) is 70.0 Å². The van der Waals surface area contributed by atoms with E-state index in [1.54, 1.807) is 31.3 Å². The first-order valence-corrected chi connectivity index (χ1v) is 11.0. The Kier molecular flexibility index (Phi) is 5.12. The molecule has 8 heteroatoms. The zero-order valence-corrected chi connectivity index (χ0v) is 17.0. The van der Waals surface area contributed by atoms with Gasteiger partial charge in [-0.2, -0.15) is 8.42 Å². The second kappa shape index (κ2) is 7.59. The number of halogens is 1. The molecule has 2 aliphatic rings. The summed E-state index contributed by atoms with van der Waals surface area (Å²) in [5.41, 5.74) is 1.66. The van der Waals surface area contributed by atoms with Crippen molar-refractivity contribution in [2.45, 2.75) is 37.1 Å². The fourth-order valence-electron chi connectivity index (χ4n) is 3.77. The van der Waals surface area contributed by atoms with Crippen LogP contribution in [0.1, 0.15) is 41.6 Å². The van der Waals surface area contributed by atoms with Crippen molar-refractivity contribution in [2.24, 2.45) is 4.40 Å². The molecule has 1 amide bonds. The Morgan fingerprint density at radius 3 is 2.66 bits per heavy atom. The normalized spacial score (nSPS) is 17.6. The van der Waals surface area contributed by atoms with Crippen LogP contribution in [0.5, 0.6) is 0 Å². The molecule has 0 spiro atoms. The molecular weight excluding hydrogens is 393 g/mol. The van der Waals surface area contributed by atoms with E-state index < -0.39 is 10.0 Å². The van der Waals surface area contributed by atoms with Crippen molar-refractivity contribution in [3.8, 4) is 0 Å². The van der Waals surface area contributed by atoms with Crippen molar-refractivity contribution in [1.82, 2.24) is 4.90 Å². The SMILES string of the molecule is CN(Cc1ccc(F)cc1)C(=O)c1ccc2c(c1)S(=O)(=O)N=C1CCCCCN12. The van der Waals surface area contributed by atoms with Gasteiger partial charge < -0.3 is 9.80 Å². The molecule has 1 saturated heterocycles. The van der Waals surface area contributed by atoms with Gasteiger partial charge in [-0.25, -0.2) is 4.39 Å². The molecule has 2 aliphatic heterocycles. The first-order valence-electron chi connectivity index (χ1n) is 9.60. The number of anilines is 1. The number of hydrogen-bond acceptors (Lipinski definition) is 4. The maximum Gasteiger partial charge on any atom is 0.286 e. The van der Waals surface area contributed by atoms with Crippen LogP contribution in [-0.2, 0) is 16.6 Å². The number of hydrogen-bond donors (Lipinski definition) is 0. The summed E-state index contributed by atoms with van der Waals surface area (Å²) < 4.78 is 42.6. The van der Waals surface area contributed by atoms with Crippen LogP contribution in [-0.4, -0.2) is 38.7 Å². The van der Waals surface area contributed by atoms with E-state index in [1.807, 2.05) is 4.90 Å². The van der Waals surface area contributed by atoms with Gasteiger partial charge in [-0.3, -0.25) is 4.79 Å². The average molecular weight is 415 g/mol. The molecule has 29 heavy (non-hydrogen) atoms. The van der Waals surface area contributed by atoms with Crippen molar-refractivity contribution in [1.29, 1.82) is 0 Å². The molecule has 1 fully saturated rings. The van der Waals surface area contributed by atoms with Gasteiger partial charge in [0.05, 0.1) is 5.69 Å². The Labute approximate surface area is 169 Å². The Hall–Kier alpha value is -2.74. The van der Waals surface area contributed by atoms with Crippen LogP contribution >= 0.6 is 0 Å². The summed E-state index contributed by atoms with van der Waals surface area (Å²) in [5.74, 6) is -0.0588. The van der Waals surface area contributed by atoms with Gasteiger partial charge >= 0.3 is 0 Å². The maximum atomic E-state index is 13.1. The molecule has 0 unspecified atom stereocenters. The zero-order chi connectivity index (χ0) is 20.6. The Bertz CT molecular complexity index is 1080. The van der Waals surface area contributed by atoms with Gasteiger partial charge in [-0.1, -0.05) is 18.6 Å². The van der Waals surface area contributed by atoms with E-state index in [1.165, 1.54) is 23.1 Å². The van der Waals surface area contributed by atoms with Crippen molar-refractivity contribution in [2.75, 3.05) is 18.5 Å². The van der Waals surface area contributed by atoms with Crippen LogP contribution in [0.2, 0.25) is 0 Å². The number of nitrogens with zero attached hydrogens (tertiary/aromatic N) is 3. The van der Waals surface area contributed by atoms with E-state index >= 15 is 0 Å². The third kappa shape index (κ3) is 3.89. The van der Waals surface area contributed by atoms with E-state index in [2.05, 4.69) is 4.40 Å². The lowest BCUT2D eigenvalue weighted by atomic mass is 10.1. The third-order valence-electron chi connectivity index (χ3n) is 5.27.